The van der Waals surface area contributed by atoms with Crippen LogP contribution >= 0.6 is 0 Å². The first-order valence-corrected chi connectivity index (χ1v) is 8.77. The second kappa shape index (κ2) is 9.63. The Hall–Kier alpha value is -1.34. The summed E-state index contributed by atoms with van der Waals surface area (Å²) in [5, 5.41) is 0. The van der Waals surface area contributed by atoms with Crippen molar-refractivity contribution >= 4 is 0 Å². The Balaban J connectivity index is 1.79. The van der Waals surface area contributed by atoms with Gasteiger partial charge in [0, 0.05) is 0 Å². The average Bonchev–Trinajstić information content (AvgIpc) is 2.58. The molecule has 1 saturated carbocycles. The summed E-state index contributed by atoms with van der Waals surface area (Å²) < 4.78 is 5.62. The molecule has 0 aliphatic heterocycles. The molecule has 0 heterocycles. The molecule has 0 aromatic heterocycles. The highest BCUT2D eigenvalue weighted by Crippen LogP contribution is 2.36. The monoisotopic (exact) mass is 298 g/mol. The van der Waals surface area contributed by atoms with Gasteiger partial charge in [0.25, 0.3) is 0 Å². The third-order valence-electron chi connectivity index (χ3n) is 4.60. The molecule has 0 radical (unpaired) electrons. The predicted molar refractivity (Wildman–Crippen MR) is 95.0 cm³/mol. The Morgan fingerprint density at radius 2 is 1.86 bits per heavy atom. The van der Waals surface area contributed by atoms with Gasteiger partial charge in [-0.2, -0.15) is 0 Å². The van der Waals surface area contributed by atoms with Crippen molar-refractivity contribution in [1.82, 2.24) is 0 Å². The van der Waals surface area contributed by atoms with E-state index in [1.807, 2.05) is 6.08 Å². The predicted octanol–water partition coefficient (Wildman–Crippen LogP) is 6.02. The van der Waals surface area contributed by atoms with Crippen molar-refractivity contribution in [1.29, 1.82) is 0 Å². The third-order valence-corrected chi connectivity index (χ3v) is 4.60. The van der Waals surface area contributed by atoms with Gasteiger partial charge in [0.1, 0.15) is 0 Å². The summed E-state index contributed by atoms with van der Waals surface area (Å²) in [7, 11) is 0. The van der Waals surface area contributed by atoms with Crippen LogP contribution in [0.4, 0.5) is 0 Å². The van der Waals surface area contributed by atoms with Gasteiger partial charge >= 0.3 is 0 Å². The molecular formula is C21H30O. The fraction of sp³-hybridized carbons (Fsp3) is 0.524. The van der Waals surface area contributed by atoms with Crippen LogP contribution in [0.25, 0.3) is 0 Å². The van der Waals surface area contributed by atoms with Crippen LogP contribution in [-0.4, -0.2) is 6.61 Å². The molecule has 22 heavy (non-hydrogen) atoms. The molecule has 120 valence electrons. The van der Waals surface area contributed by atoms with Crippen molar-refractivity contribution in [3.63, 3.8) is 0 Å². The van der Waals surface area contributed by atoms with Crippen LogP contribution in [0, 0.1) is 5.92 Å². The molecule has 0 spiro atoms. The zero-order valence-corrected chi connectivity index (χ0v) is 14.0. The van der Waals surface area contributed by atoms with E-state index >= 15 is 0 Å². The molecule has 2 rings (SSSR count). The SMILES string of the molecule is C=CCCOCc1ccc(C2CCC(/C=C/CC)CC2)cc1. The first-order chi connectivity index (χ1) is 10.8. The number of benzene rings is 1. The molecule has 1 heteroatoms. The van der Waals surface area contributed by atoms with E-state index in [0.29, 0.717) is 6.61 Å². The molecule has 0 atom stereocenters. The van der Waals surface area contributed by atoms with Crippen LogP contribution in [0.2, 0.25) is 0 Å². The van der Waals surface area contributed by atoms with Crippen molar-refractivity contribution in [3.8, 4) is 0 Å². The zero-order chi connectivity index (χ0) is 15.6. The van der Waals surface area contributed by atoms with Gasteiger partial charge in [-0.25, -0.2) is 0 Å². The molecule has 0 N–H and O–H groups in total. The van der Waals surface area contributed by atoms with E-state index in [1.165, 1.54) is 36.8 Å². The molecule has 0 amide bonds. The normalized spacial score (nSPS) is 22.0. The maximum absolute atomic E-state index is 5.62. The number of ether oxygens (including phenoxy) is 1. The van der Waals surface area contributed by atoms with Gasteiger partial charge in [0.2, 0.25) is 0 Å². The van der Waals surface area contributed by atoms with Gasteiger partial charge < -0.3 is 4.74 Å². The molecule has 1 aromatic rings. The summed E-state index contributed by atoms with van der Waals surface area (Å²) in [6, 6.07) is 9.07. The van der Waals surface area contributed by atoms with Crippen LogP contribution in [0.15, 0.2) is 49.1 Å². The fourth-order valence-corrected chi connectivity index (χ4v) is 3.22. The molecular weight excluding hydrogens is 268 g/mol. The lowest BCUT2D eigenvalue weighted by molar-refractivity contribution is 0.125. The summed E-state index contributed by atoms with van der Waals surface area (Å²) >= 11 is 0. The quantitative estimate of drug-likeness (QED) is 0.421. The fourth-order valence-electron chi connectivity index (χ4n) is 3.22. The maximum Gasteiger partial charge on any atom is 0.0717 e. The second-order valence-corrected chi connectivity index (χ2v) is 6.32. The third kappa shape index (κ3) is 5.46. The van der Waals surface area contributed by atoms with E-state index in [4.69, 9.17) is 4.74 Å². The Bertz CT molecular complexity index is 449. The van der Waals surface area contributed by atoms with Crippen molar-refractivity contribution in [2.75, 3.05) is 6.61 Å². The number of hydrogen-bond acceptors (Lipinski definition) is 1. The first kappa shape index (κ1) is 17.0. The van der Waals surface area contributed by atoms with Crippen LogP contribution in [-0.2, 0) is 11.3 Å². The molecule has 1 aliphatic rings. The minimum Gasteiger partial charge on any atom is -0.376 e. The van der Waals surface area contributed by atoms with Crippen molar-refractivity contribution in [2.45, 2.75) is 58.0 Å². The summed E-state index contributed by atoms with van der Waals surface area (Å²) in [6.07, 6.45) is 14.1. The molecule has 0 unspecified atom stereocenters. The highest BCUT2D eigenvalue weighted by molar-refractivity contribution is 5.25. The van der Waals surface area contributed by atoms with Gasteiger partial charge in [-0.05, 0) is 61.5 Å². The smallest absolute Gasteiger partial charge is 0.0717 e. The summed E-state index contributed by atoms with van der Waals surface area (Å²) in [5.41, 5.74) is 2.78. The van der Waals surface area contributed by atoms with Gasteiger partial charge in [-0.3, -0.25) is 0 Å². The van der Waals surface area contributed by atoms with Crippen molar-refractivity contribution in [3.05, 3.63) is 60.2 Å². The van der Waals surface area contributed by atoms with Gasteiger partial charge in [0.15, 0.2) is 0 Å². The van der Waals surface area contributed by atoms with Gasteiger partial charge in [-0.15, -0.1) is 6.58 Å². The lowest BCUT2D eigenvalue weighted by Crippen LogP contribution is -2.11. The van der Waals surface area contributed by atoms with E-state index in [9.17, 15) is 0 Å². The minimum absolute atomic E-state index is 0.711. The van der Waals surface area contributed by atoms with E-state index in [2.05, 4.69) is 49.9 Å². The van der Waals surface area contributed by atoms with E-state index in [0.717, 1.165) is 31.3 Å². The van der Waals surface area contributed by atoms with E-state index in [1.54, 1.807) is 0 Å². The minimum atomic E-state index is 0.711. The standard InChI is InChI=1S/C21H30O/c1-3-5-7-18-8-12-20(13-9-18)21-14-10-19(11-15-21)17-22-16-6-4-2/h4-5,7,10-11,14-15,18,20H,2-3,6,8-9,12-13,16-17H2,1H3/b7-5+. The Morgan fingerprint density at radius 3 is 2.50 bits per heavy atom. The van der Waals surface area contributed by atoms with Crippen LogP contribution < -0.4 is 0 Å². The van der Waals surface area contributed by atoms with Gasteiger partial charge in [0.05, 0.1) is 13.2 Å². The Morgan fingerprint density at radius 1 is 1.14 bits per heavy atom. The molecule has 1 nitrogen and oxygen atoms in total. The summed E-state index contributed by atoms with van der Waals surface area (Å²) in [5.74, 6) is 1.57. The largest absolute Gasteiger partial charge is 0.376 e. The average molecular weight is 298 g/mol. The van der Waals surface area contributed by atoms with Gasteiger partial charge in [-0.1, -0.05) is 49.4 Å². The van der Waals surface area contributed by atoms with E-state index in [-0.39, 0.29) is 0 Å². The lowest BCUT2D eigenvalue weighted by atomic mass is 9.78. The molecule has 1 aliphatic carbocycles. The van der Waals surface area contributed by atoms with Crippen LogP contribution in [0.3, 0.4) is 0 Å². The maximum atomic E-state index is 5.62. The highest BCUT2D eigenvalue weighted by atomic mass is 16.5. The first-order valence-electron chi connectivity index (χ1n) is 8.77. The Labute approximate surface area is 136 Å². The second-order valence-electron chi connectivity index (χ2n) is 6.32. The number of hydrogen-bond donors (Lipinski definition) is 0. The van der Waals surface area contributed by atoms with Crippen molar-refractivity contribution in [2.24, 2.45) is 5.92 Å². The summed E-state index contributed by atoms with van der Waals surface area (Å²) in [4.78, 5) is 0. The lowest BCUT2D eigenvalue weighted by Gasteiger charge is -2.27. The molecule has 1 aromatic carbocycles. The zero-order valence-electron chi connectivity index (χ0n) is 14.0. The van der Waals surface area contributed by atoms with Crippen molar-refractivity contribution < 1.29 is 4.74 Å². The van der Waals surface area contributed by atoms with Crippen LogP contribution in [0.5, 0.6) is 0 Å². The number of allylic oxidation sites excluding steroid dienone is 2. The topological polar surface area (TPSA) is 9.23 Å². The molecule has 0 bridgehead atoms. The van der Waals surface area contributed by atoms with E-state index < -0.39 is 0 Å². The van der Waals surface area contributed by atoms with Crippen LogP contribution in [0.1, 0.15) is 62.5 Å². The molecule has 0 saturated heterocycles. The number of rotatable bonds is 8. The highest BCUT2D eigenvalue weighted by Gasteiger charge is 2.20. The molecule has 1 fully saturated rings. The summed E-state index contributed by atoms with van der Waals surface area (Å²) in [6.45, 7) is 7.39. The Kier molecular flexibility index (Phi) is 7.45.